The van der Waals surface area contributed by atoms with Crippen LogP contribution in [-0.4, -0.2) is 34.4 Å². The summed E-state index contributed by atoms with van der Waals surface area (Å²) in [6.45, 7) is 4.54. The molecule has 0 fully saturated rings. The average Bonchev–Trinajstić information content (AvgIpc) is 2.65. The van der Waals surface area contributed by atoms with Crippen LogP contribution >= 0.6 is 0 Å². The number of hydrogen-bond acceptors (Lipinski definition) is 3. The number of amides is 2. The molecule has 2 amide bonds. The van der Waals surface area contributed by atoms with Gasteiger partial charge >= 0.3 is 6.18 Å². The number of benzene rings is 1. The Morgan fingerprint density at radius 1 is 1.11 bits per heavy atom. The van der Waals surface area contributed by atoms with Gasteiger partial charge in [0.05, 0.1) is 11.1 Å². The number of carbonyl (C=O) groups excluding carboxylic acids is 2. The van der Waals surface area contributed by atoms with E-state index in [9.17, 15) is 27.6 Å². The van der Waals surface area contributed by atoms with Crippen molar-refractivity contribution in [1.82, 2.24) is 9.47 Å². The Hall–Kier alpha value is -3.10. The summed E-state index contributed by atoms with van der Waals surface area (Å²) in [5.41, 5.74) is -1.82. The van der Waals surface area contributed by atoms with E-state index in [2.05, 4.69) is 5.32 Å². The van der Waals surface area contributed by atoms with Gasteiger partial charge in [-0.05, 0) is 38.1 Å². The van der Waals surface area contributed by atoms with Crippen LogP contribution in [0.1, 0.15) is 40.1 Å². The number of nitrogens with zero attached hydrogens (tertiary/aromatic N) is 2. The van der Waals surface area contributed by atoms with E-state index in [0.29, 0.717) is 19.2 Å². The Balaban J connectivity index is 2.37. The summed E-state index contributed by atoms with van der Waals surface area (Å²) in [7, 11) is 1.42. The molecule has 2 aromatic rings. The maximum atomic E-state index is 12.8. The molecule has 28 heavy (non-hydrogen) atoms. The lowest BCUT2D eigenvalue weighted by Crippen LogP contribution is -2.32. The number of alkyl halides is 3. The minimum atomic E-state index is -4.59. The van der Waals surface area contributed by atoms with Crippen LogP contribution in [-0.2, 0) is 13.2 Å². The number of halogens is 3. The lowest BCUT2D eigenvalue weighted by molar-refractivity contribution is -0.137. The van der Waals surface area contributed by atoms with Gasteiger partial charge in [-0.15, -0.1) is 0 Å². The number of carbonyl (C=O) groups is 2. The molecular formula is C19H20F3N3O3. The fourth-order valence-electron chi connectivity index (χ4n) is 2.64. The molecule has 1 N–H and O–H groups in total. The molecule has 0 aliphatic rings. The van der Waals surface area contributed by atoms with E-state index < -0.39 is 23.2 Å². The van der Waals surface area contributed by atoms with Crippen molar-refractivity contribution in [2.45, 2.75) is 20.0 Å². The lowest BCUT2D eigenvalue weighted by atomic mass is 10.1. The Bertz CT molecular complexity index is 947. The monoisotopic (exact) mass is 395 g/mol. The van der Waals surface area contributed by atoms with E-state index in [0.717, 1.165) is 16.7 Å². The maximum Gasteiger partial charge on any atom is 0.416 e. The van der Waals surface area contributed by atoms with Gasteiger partial charge in [-0.3, -0.25) is 14.4 Å². The molecule has 1 aromatic carbocycles. The van der Waals surface area contributed by atoms with Crippen molar-refractivity contribution in [2.75, 3.05) is 18.4 Å². The van der Waals surface area contributed by atoms with E-state index in [1.807, 2.05) is 0 Å². The van der Waals surface area contributed by atoms with E-state index in [1.165, 1.54) is 30.3 Å². The molecule has 2 rings (SSSR count). The van der Waals surface area contributed by atoms with Gasteiger partial charge in [0.2, 0.25) is 0 Å². The first-order chi connectivity index (χ1) is 13.1. The molecule has 9 heteroatoms. The topological polar surface area (TPSA) is 71.4 Å². The van der Waals surface area contributed by atoms with Crippen molar-refractivity contribution in [1.29, 1.82) is 0 Å². The molecule has 0 aliphatic heterocycles. The summed E-state index contributed by atoms with van der Waals surface area (Å²) in [6.07, 6.45) is -3.24. The van der Waals surface area contributed by atoms with Crippen LogP contribution in [0.2, 0.25) is 0 Å². The molecule has 0 saturated carbocycles. The highest BCUT2D eigenvalue weighted by molar-refractivity contribution is 6.05. The van der Waals surface area contributed by atoms with Crippen LogP contribution in [0.15, 0.2) is 41.3 Å². The molecule has 0 radical (unpaired) electrons. The number of rotatable bonds is 5. The third kappa shape index (κ3) is 4.59. The second-order valence-corrected chi connectivity index (χ2v) is 6.07. The predicted molar refractivity (Wildman–Crippen MR) is 98.3 cm³/mol. The second kappa shape index (κ2) is 8.28. The summed E-state index contributed by atoms with van der Waals surface area (Å²) >= 11 is 0. The quantitative estimate of drug-likeness (QED) is 0.846. The molecule has 0 saturated heterocycles. The molecule has 1 heterocycles. The van der Waals surface area contributed by atoms with E-state index in [-0.39, 0.29) is 22.7 Å². The van der Waals surface area contributed by atoms with E-state index in [4.69, 9.17) is 0 Å². The van der Waals surface area contributed by atoms with Crippen molar-refractivity contribution in [3.63, 3.8) is 0 Å². The number of aromatic nitrogens is 1. The van der Waals surface area contributed by atoms with Crippen LogP contribution < -0.4 is 10.9 Å². The van der Waals surface area contributed by atoms with Crippen molar-refractivity contribution in [3.05, 3.63) is 63.6 Å². The summed E-state index contributed by atoms with van der Waals surface area (Å²) in [5.74, 6) is -1.20. The smallest absolute Gasteiger partial charge is 0.339 e. The molecule has 0 unspecified atom stereocenters. The Morgan fingerprint density at radius 3 is 2.32 bits per heavy atom. The predicted octanol–water partition coefficient (Wildman–Crippen LogP) is 3.14. The Morgan fingerprint density at radius 2 is 1.75 bits per heavy atom. The molecule has 6 nitrogen and oxygen atoms in total. The van der Waals surface area contributed by atoms with Gasteiger partial charge < -0.3 is 14.8 Å². The molecule has 0 aliphatic carbocycles. The highest BCUT2D eigenvalue weighted by Gasteiger charge is 2.31. The normalized spacial score (nSPS) is 11.2. The summed E-state index contributed by atoms with van der Waals surface area (Å²) < 4.78 is 39.6. The molecule has 150 valence electrons. The summed E-state index contributed by atoms with van der Waals surface area (Å²) in [6, 6.07) is 5.09. The van der Waals surface area contributed by atoms with Crippen LogP contribution in [0.25, 0.3) is 0 Å². The number of aryl methyl sites for hydroxylation is 1. The zero-order valence-electron chi connectivity index (χ0n) is 15.6. The lowest BCUT2D eigenvalue weighted by Gasteiger charge is -2.19. The van der Waals surface area contributed by atoms with Crippen LogP contribution in [0.3, 0.4) is 0 Å². The van der Waals surface area contributed by atoms with Gasteiger partial charge in [-0.2, -0.15) is 13.2 Å². The van der Waals surface area contributed by atoms with E-state index >= 15 is 0 Å². The molecular weight excluding hydrogens is 375 g/mol. The third-order valence-corrected chi connectivity index (χ3v) is 4.18. The van der Waals surface area contributed by atoms with Gasteiger partial charge in [0.25, 0.3) is 17.4 Å². The summed E-state index contributed by atoms with van der Waals surface area (Å²) in [4.78, 5) is 38.7. The Kier molecular flexibility index (Phi) is 6.27. The minimum absolute atomic E-state index is 0.185. The Labute approximate surface area is 159 Å². The van der Waals surface area contributed by atoms with E-state index in [1.54, 1.807) is 13.8 Å². The highest BCUT2D eigenvalue weighted by Crippen LogP contribution is 2.29. The SMILES string of the molecule is CCN(CC)C(=O)c1cc(NC(=O)c2cccc(C(F)(F)F)c2)c(=O)n(C)c1. The fourth-order valence-corrected chi connectivity index (χ4v) is 2.64. The average molecular weight is 395 g/mol. The van der Waals surface area contributed by atoms with Crippen molar-refractivity contribution < 1.29 is 22.8 Å². The van der Waals surface area contributed by atoms with Crippen molar-refractivity contribution >= 4 is 17.5 Å². The largest absolute Gasteiger partial charge is 0.416 e. The van der Waals surface area contributed by atoms with Crippen LogP contribution in [0.5, 0.6) is 0 Å². The molecule has 0 spiro atoms. The molecule has 0 atom stereocenters. The van der Waals surface area contributed by atoms with Gasteiger partial charge in [-0.25, -0.2) is 0 Å². The number of nitrogens with one attached hydrogen (secondary N) is 1. The molecule has 0 bridgehead atoms. The maximum absolute atomic E-state index is 12.8. The minimum Gasteiger partial charge on any atom is -0.339 e. The number of anilines is 1. The third-order valence-electron chi connectivity index (χ3n) is 4.18. The van der Waals surface area contributed by atoms with Crippen molar-refractivity contribution in [2.24, 2.45) is 7.05 Å². The van der Waals surface area contributed by atoms with Crippen molar-refractivity contribution in [3.8, 4) is 0 Å². The standard InChI is InChI=1S/C19H20F3N3O3/c1-4-25(5-2)17(27)13-10-15(18(28)24(3)11-13)23-16(26)12-7-6-8-14(9-12)19(20,21)22/h6-11H,4-5H2,1-3H3,(H,23,26). The molecule has 1 aromatic heterocycles. The van der Waals surface area contributed by atoms with Gasteiger partial charge in [0, 0.05) is 31.9 Å². The highest BCUT2D eigenvalue weighted by atomic mass is 19.4. The van der Waals surface area contributed by atoms with Gasteiger partial charge in [-0.1, -0.05) is 6.07 Å². The fraction of sp³-hybridized carbons (Fsp3) is 0.316. The number of pyridine rings is 1. The van der Waals surface area contributed by atoms with Gasteiger partial charge in [0.15, 0.2) is 0 Å². The summed E-state index contributed by atoms with van der Waals surface area (Å²) in [5, 5.41) is 2.31. The number of hydrogen-bond donors (Lipinski definition) is 1. The zero-order chi connectivity index (χ0) is 21.1. The first-order valence-electron chi connectivity index (χ1n) is 8.57. The van der Waals surface area contributed by atoms with Crippen LogP contribution in [0, 0.1) is 0 Å². The van der Waals surface area contributed by atoms with Crippen LogP contribution in [0.4, 0.5) is 18.9 Å². The zero-order valence-corrected chi connectivity index (χ0v) is 15.6. The first kappa shape index (κ1) is 21.2. The first-order valence-corrected chi connectivity index (χ1v) is 8.57. The van der Waals surface area contributed by atoms with Gasteiger partial charge in [0.1, 0.15) is 5.69 Å². The second-order valence-electron chi connectivity index (χ2n) is 6.07.